The van der Waals surface area contributed by atoms with Gasteiger partial charge in [-0.15, -0.1) is 0 Å². The monoisotopic (exact) mass is 515 g/mol. The van der Waals surface area contributed by atoms with Crippen molar-refractivity contribution in [2.75, 3.05) is 68.6 Å². The van der Waals surface area contributed by atoms with Crippen LogP contribution in [0.2, 0.25) is 0 Å². The Morgan fingerprint density at radius 1 is 1.08 bits per heavy atom. The number of hydrogen-bond acceptors (Lipinski definition) is 7. The van der Waals surface area contributed by atoms with E-state index in [-0.39, 0.29) is 25.0 Å². The van der Waals surface area contributed by atoms with Gasteiger partial charge in [-0.05, 0) is 30.3 Å². The average Bonchev–Trinajstić information content (AvgIpc) is 3.28. The van der Waals surface area contributed by atoms with E-state index >= 15 is 4.39 Å². The Hall–Kier alpha value is -4.22. The number of carbonyl (C=O) groups is 3. The number of nitrogens with one attached hydrogen (secondary N) is 2. The smallest absolute Gasteiger partial charge is 0.414 e. The minimum absolute atomic E-state index is 0.196. The van der Waals surface area contributed by atoms with Gasteiger partial charge >= 0.3 is 12.1 Å². The van der Waals surface area contributed by atoms with Crippen LogP contribution in [0.25, 0.3) is 0 Å². The number of methoxy groups -OCH3 is 2. The summed E-state index contributed by atoms with van der Waals surface area (Å²) in [6.45, 7) is 3.46. The molecule has 0 unspecified atom stereocenters. The molecule has 0 bridgehead atoms. The molecule has 2 aromatic carbocycles. The van der Waals surface area contributed by atoms with Gasteiger partial charge in [0.05, 0.1) is 44.4 Å². The predicted molar refractivity (Wildman–Crippen MR) is 135 cm³/mol. The molecule has 2 fully saturated rings. The van der Waals surface area contributed by atoms with E-state index in [1.165, 1.54) is 25.0 Å². The van der Waals surface area contributed by atoms with Gasteiger partial charge in [0, 0.05) is 39.2 Å². The van der Waals surface area contributed by atoms with Crippen molar-refractivity contribution in [1.29, 1.82) is 0 Å². The molecule has 2 saturated heterocycles. The zero-order chi connectivity index (χ0) is 26.5. The number of amides is 4. The number of rotatable bonds is 7. The number of ether oxygens (including phenoxy) is 3. The fourth-order valence-electron chi connectivity index (χ4n) is 4.26. The molecule has 0 saturated carbocycles. The van der Waals surface area contributed by atoms with E-state index in [1.807, 2.05) is 4.90 Å². The zero-order valence-corrected chi connectivity index (χ0v) is 21.0. The molecule has 0 radical (unpaired) electrons. The molecule has 37 heavy (non-hydrogen) atoms. The van der Waals surface area contributed by atoms with Gasteiger partial charge in [-0.3, -0.25) is 9.69 Å². The lowest BCUT2D eigenvalue weighted by atomic mass is 10.2. The normalized spacial score (nSPS) is 17.4. The summed E-state index contributed by atoms with van der Waals surface area (Å²) in [6.07, 6.45) is -1.09. The van der Waals surface area contributed by atoms with E-state index in [4.69, 9.17) is 14.2 Å². The minimum atomic E-state index is -0.587. The summed E-state index contributed by atoms with van der Waals surface area (Å²) in [5.74, 6) is 0.402. The first-order chi connectivity index (χ1) is 17.8. The van der Waals surface area contributed by atoms with Gasteiger partial charge in [0.15, 0.2) is 0 Å². The van der Waals surface area contributed by atoms with E-state index in [0.29, 0.717) is 54.7 Å². The predicted octanol–water partition coefficient (Wildman–Crippen LogP) is 2.66. The minimum Gasteiger partial charge on any atom is -0.497 e. The van der Waals surface area contributed by atoms with E-state index in [9.17, 15) is 14.4 Å². The maximum Gasteiger partial charge on any atom is 0.414 e. The van der Waals surface area contributed by atoms with Crippen LogP contribution in [0.4, 0.5) is 31.0 Å². The fraction of sp³-hybridized carbons (Fsp3) is 0.400. The van der Waals surface area contributed by atoms with Crippen LogP contribution < -0.4 is 29.9 Å². The molecular weight excluding hydrogens is 485 g/mol. The lowest BCUT2D eigenvalue weighted by Gasteiger charge is -2.36. The highest BCUT2D eigenvalue weighted by molar-refractivity contribution is 5.91. The summed E-state index contributed by atoms with van der Waals surface area (Å²) in [5.41, 5.74) is 1.29. The second kappa shape index (κ2) is 11.2. The van der Waals surface area contributed by atoms with Crippen molar-refractivity contribution in [3.63, 3.8) is 0 Å². The molecule has 11 nitrogen and oxygen atoms in total. The van der Waals surface area contributed by atoms with Gasteiger partial charge in [-0.1, -0.05) is 0 Å². The van der Waals surface area contributed by atoms with Crippen molar-refractivity contribution >= 4 is 35.1 Å². The molecule has 2 aliphatic heterocycles. The highest BCUT2D eigenvalue weighted by Crippen LogP contribution is 2.30. The number of hydrogen-bond donors (Lipinski definition) is 2. The Morgan fingerprint density at radius 2 is 1.84 bits per heavy atom. The van der Waals surface area contributed by atoms with Crippen molar-refractivity contribution in [1.82, 2.24) is 10.2 Å². The SMILES string of the molecule is COc1ccc(NC(=O)N2CCN(c3ccc(N4C[C@H](CNC(C)=O)OC4=O)cc3F)CC2)c(OC)c1. The van der Waals surface area contributed by atoms with Crippen LogP contribution in [0.1, 0.15) is 6.92 Å². The first-order valence-corrected chi connectivity index (χ1v) is 11.8. The Kier molecular flexibility index (Phi) is 7.85. The number of benzene rings is 2. The second-order valence-electron chi connectivity index (χ2n) is 8.66. The van der Waals surface area contributed by atoms with Gasteiger partial charge in [0.1, 0.15) is 23.4 Å². The number of anilines is 3. The summed E-state index contributed by atoms with van der Waals surface area (Å²) >= 11 is 0. The fourth-order valence-corrected chi connectivity index (χ4v) is 4.26. The van der Waals surface area contributed by atoms with Crippen LogP contribution in [0.5, 0.6) is 11.5 Å². The summed E-state index contributed by atoms with van der Waals surface area (Å²) < 4.78 is 30.8. The Bertz CT molecular complexity index is 1170. The maximum absolute atomic E-state index is 15.1. The van der Waals surface area contributed by atoms with Crippen LogP contribution in [0.3, 0.4) is 0 Å². The number of urea groups is 1. The highest BCUT2D eigenvalue weighted by atomic mass is 19.1. The third-order valence-electron chi connectivity index (χ3n) is 6.25. The van der Waals surface area contributed by atoms with Gasteiger partial charge in [0.2, 0.25) is 5.91 Å². The lowest BCUT2D eigenvalue weighted by Crippen LogP contribution is -2.50. The Balaban J connectivity index is 1.34. The van der Waals surface area contributed by atoms with Crippen LogP contribution >= 0.6 is 0 Å². The number of nitrogens with zero attached hydrogens (tertiary/aromatic N) is 3. The molecule has 198 valence electrons. The summed E-state index contributed by atoms with van der Waals surface area (Å²) in [4.78, 5) is 41.0. The summed E-state index contributed by atoms with van der Waals surface area (Å²) in [5, 5.41) is 5.46. The van der Waals surface area contributed by atoms with Crippen molar-refractivity contribution in [2.45, 2.75) is 13.0 Å². The van der Waals surface area contributed by atoms with E-state index in [0.717, 1.165) is 0 Å². The van der Waals surface area contributed by atoms with Crippen LogP contribution in [0.15, 0.2) is 36.4 Å². The number of cyclic esters (lactones) is 1. The summed E-state index contributed by atoms with van der Waals surface area (Å²) in [7, 11) is 3.06. The molecule has 0 spiro atoms. The molecule has 4 rings (SSSR count). The topological polar surface area (TPSA) is 113 Å². The van der Waals surface area contributed by atoms with Gasteiger partial charge in [-0.25, -0.2) is 14.0 Å². The quantitative estimate of drug-likeness (QED) is 0.583. The molecule has 12 heteroatoms. The third kappa shape index (κ3) is 5.96. The number of piperazine rings is 1. The van der Waals surface area contributed by atoms with E-state index < -0.39 is 18.0 Å². The molecule has 0 aromatic heterocycles. The molecule has 1 atom stereocenters. The number of carbonyl (C=O) groups excluding carboxylic acids is 3. The molecule has 2 heterocycles. The largest absolute Gasteiger partial charge is 0.497 e. The standard InChI is InChI=1S/C25H30FN5O6/c1-16(32)27-14-19-15-31(25(34)37-19)17-4-7-22(20(26)12-17)29-8-10-30(11-9-29)24(33)28-21-6-5-18(35-2)13-23(21)36-3/h4-7,12-13,19H,8-11,14-15H2,1-3H3,(H,27,32)(H,28,33)/t19-/m0/s1. The van der Waals surface area contributed by atoms with E-state index in [1.54, 1.807) is 42.3 Å². The van der Waals surface area contributed by atoms with Crippen molar-refractivity contribution in [3.8, 4) is 11.5 Å². The molecule has 0 aliphatic carbocycles. The summed E-state index contributed by atoms with van der Waals surface area (Å²) in [6, 6.07) is 9.43. The van der Waals surface area contributed by atoms with Gasteiger partial charge in [-0.2, -0.15) is 0 Å². The first kappa shape index (κ1) is 25.9. The molecule has 4 amide bonds. The van der Waals surface area contributed by atoms with Crippen molar-refractivity contribution < 1.29 is 33.0 Å². The van der Waals surface area contributed by atoms with Crippen LogP contribution in [-0.2, 0) is 9.53 Å². The Morgan fingerprint density at radius 3 is 2.49 bits per heavy atom. The molecule has 2 N–H and O–H groups in total. The Labute approximate surface area is 214 Å². The van der Waals surface area contributed by atoms with Gasteiger partial charge in [0.25, 0.3) is 0 Å². The first-order valence-electron chi connectivity index (χ1n) is 11.8. The van der Waals surface area contributed by atoms with Crippen LogP contribution in [-0.4, -0.2) is 82.5 Å². The molecule has 2 aromatic rings. The highest BCUT2D eigenvalue weighted by Gasteiger charge is 2.33. The molecular formula is C25H30FN5O6. The average molecular weight is 516 g/mol. The van der Waals surface area contributed by atoms with Crippen molar-refractivity contribution in [2.24, 2.45) is 0 Å². The maximum atomic E-state index is 15.1. The third-order valence-corrected chi connectivity index (χ3v) is 6.25. The van der Waals surface area contributed by atoms with Crippen molar-refractivity contribution in [3.05, 3.63) is 42.2 Å². The lowest BCUT2D eigenvalue weighted by molar-refractivity contribution is -0.119. The van der Waals surface area contributed by atoms with Gasteiger partial charge < -0.3 is 34.6 Å². The van der Waals surface area contributed by atoms with E-state index in [2.05, 4.69) is 10.6 Å². The van der Waals surface area contributed by atoms with Crippen LogP contribution in [0, 0.1) is 5.82 Å². The molecule has 2 aliphatic rings. The zero-order valence-electron chi connectivity index (χ0n) is 21.0. The second-order valence-corrected chi connectivity index (χ2v) is 8.66. The number of halogens is 1.